The molecule has 1 fully saturated rings. The van der Waals surface area contributed by atoms with Crippen molar-refractivity contribution in [2.24, 2.45) is 11.8 Å². The SMILES string of the molecule is CCC.CCC1CCC(CC)CC1.CCCCC.CCCCCCC. The molecule has 0 heteroatoms. The summed E-state index contributed by atoms with van der Waals surface area (Å²) in [7, 11) is 0. The standard InChI is InChI=1S/C10H20.C7H16.C5H12.C3H8/c1-3-9-5-7-10(4-2)8-6-9;1-3-5-7-6-4-2;1-3-5-4-2;1-3-2/h9-10H,3-8H2,1-2H3;3-7H2,1-2H3;3-5H2,1-2H3;3H2,1-2H3. The van der Waals surface area contributed by atoms with Crippen molar-refractivity contribution in [3.8, 4) is 0 Å². The number of hydrogen-bond acceptors (Lipinski definition) is 0. The summed E-state index contributed by atoms with van der Waals surface area (Å²) in [5.41, 5.74) is 0. The molecule has 0 spiro atoms. The number of rotatable bonds is 8. The van der Waals surface area contributed by atoms with Crippen molar-refractivity contribution in [3.05, 3.63) is 0 Å². The lowest BCUT2D eigenvalue weighted by Crippen LogP contribution is -2.12. The third-order valence-corrected chi connectivity index (χ3v) is 5.04. The van der Waals surface area contributed by atoms with Crippen LogP contribution in [0.1, 0.15) is 152 Å². The van der Waals surface area contributed by atoms with Gasteiger partial charge in [0, 0.05) is 0 Å². The van der Waals surface area contributed by atoms with Crippen LogP contribution < -0.4 is 0 Å². The van der Waals surface area contributed by atoms with Gasteiger partial charge in [-0.25, -0.2) is 0 Å². The predicted octanol–water partition coefficient (Wildman–Crippen LogP) is 10.2. The lowest BCUT2D eigenvalue weighted by atomic mass is 9.80. The first-order valence-electron chi connectivity index (χ1n) is 12.1. The zero-order valence-corrected chi connectivity index (χ0v) is 19.8. The summed E-state index contributed by atoms with van der Waals surface area (Å²) >= 11 is 0. The van der Waals surface area contributed by atoms with Crippen molar-refractivity contribution in [2.45, 2.75) is 152 Å². The molecule has 0 bridgehead atoms. The fourth-order valence-corrected chi connectivity index (χ4v) is 3.08. The molecule has 0 aliphatic heterocycles. The van der Waals surface area contributed by atoms with Crippen LogP contribution in [0.25, 0.3) is 0 Å². The Morgan fingerprint density at radius 1 is 0.440 bits per heavy atom. The molecular weight excluding hydrogens is 300 g/mol. The van der Waals surface area contributed by atoms with Crippen LogP contribution in [-0.4, -0.2) is 0 Å². The van der Waals surface area contributed by atoms with E-state index in [0.717, 1.165) is 11.8 Å². The van der Waals surface area contributed by atoms with E-state index in [2.05, 4.69) is 55.4 Å². The second-order valence-corrected chi connectivity index (χ2v) is 7.82. The molecule has 0 N–H and O–H groups in total. The largest absolute Gasteiger partial charge is 0.0656 e. The van der Waals surface area contributed by atoms with Crippen molar-refractivity contribution in [1.82, 2.24) is 0 Å². The first-order valence-corrected chi connectivity index (χ1v) is 12.1. The number of hydrogen-bond donors (Lipinski definition) is 0. The summed E-state index contributed by atoms with van der Waals surface area (Å²) in [4.78, 5) is 0. The van der Waals surface area contributed by atoms with Crippen molar-refractivity contribution < 1.29 is 0 Å². The van der Waals surface area contributed by atoms with Gasteiger partial charge in [-0.1, -0.05) is 152 Å². The third kappa shape index (κ3) is 29.0. The summed E-state index contributed by atoms with van der Waals surface area (Å²) in [5, 5.41) is 0. The molecule has 25 heavy (non-hydrogen) atoms. The van der Waals surface area contributed by atoms with Crippen molar-refractivity contribution in [2.75, 3.05) is 0 Å². The summed E-state index contributed by atoms with van der Waals surface area (Å²) in [6.45, 7) is 17.8. The normalized spacial score (nSPS) is 18.7. The topological polar surface area (TPSA) is 0 Å². The lowest BCUT2D eigenvalue weighted by Gasteiger charge is -2.26. The molecule has 0 aromatic rings. The Labute approximate surface area is 164 Å². The van der Waals surface area contributed by atoms with Gasteiger partial charge in [0.25, 0.3) is 0 Å². The highest BCUT2D eigenvalue weighted by atomic mass is 14.2. The zero-order valence-electron chi connectivity index (χ0n) is 19.8. The maximum absolute atomic E-state index is 2.33. The maximum atomic E-state index is 2.33. The van der Waals surface area contributed by atoms with E-state index in [4.69, 9.17) is 0 Å². The number of unbranched alkanes of at least 4 members (excludes halogenated alkanes) is 6. The van der Waals surface area contributed by atoms with E-state index in [9.17, 15) is 0 Å². The molecule has 0 nitrogen and oxygen atoms in total. The smallest absolute Gasteiger partial charge is 0.0417 e. The van der Waals surface area contributed by atoms with Crippen LogP contribution >= 0.6 is 0 Å². The second-order valence-electron chi connectivity index (χ2n) is 7.82. The van der Waals surface area contributed by atoms with Crippen LogP contribution in [0.15, 0.2) is 0 Å². The van der Waals surface area contributed by atoms with Gasteiger partial charge in [-0.2, -0.15) is 0 Å². The first kappa shape index (κ1) is 29.8. The van der Waals surface area contributed by atoms with Crippen LogP contribution in [0.5, 0.6) is 0 Å². The molecule has 0 atom stereocenters. The Hall–Kier alpha value is 0. The minimum atomic E-state index is 1.07. The van der Waals surface area contributed by atoms with Crippen molar-refractivity contribution >= 4 is 0 Å². The summed E-state index contributed by atoms with van der Waals surface area (Å²) in [5.74, 6) is 2.14. The summed E-state index contributed by atoms with van der Waals surface area (Å²) < 4.78 is 0. The quantitative estimate of drug-likeness (QED) is 0.379. The molecule has 1 rings (SSSR count). The van der Waals surface area contributed by atoms with Crippen molar-refractivity contribution in [1.29, 1.82) is 0 Å². The van der Waals surface area contributed by atoms with Crippen LogP contribution in [0.4, 0.5) is 0 Å². The highest BCUT2D eigenvalue weighted by Crippen LogP contribution is 2.31. The highest BCUT2D eigenvalue weighted by molar-refractivity contribution is 4.70. The van der Waals surface area contributed by atoms with Gasteiger partial charge in [-0.05, 0) is 11.8 Å². The predicted molar refractivity (Wildman–Crippen MR) is 122 cm³/mol. The molecule has 156 valence electrons. The van der Waals surface area contributed by atoms with Gasteiger partial charge in [0.2, 0.25) is 0 Å². The van der Waals surface area contributed by atoms with Crippen LogP contribution in [0.2, 0.25) is 0 Å². The summed E-state index contributed by atoms with van der Waals surface area (Å²) in [6, 6.07) is 0. The molecule has 0 aromatic heterocycles. The monoisotopic (exact) mass is 356 g/mol. The van der Waals surface area contributed by atoms with E-state index in [-0.39, 0.29) is 0 Å². The molecule has 0 unspecified atom stereocenters. The van der Waals surface area contributed by atoms with Gasteiger partial charge in [0.15, 0.2) is 0 Å². The molecule has 0 radical (unpaired) electrons. The molecule has 1 aliphatic carbocycles. The van der Waals surface area contributed by atoms with E-state index in [1.54, 1.807) is 0 Å². The maximum Gasteiger partial charge on any atom is -0.0417 e. The first-order chi connectivity index (χ1) is 12.1. The fourth-order valence-electron chi connectivity index (χ4n) is 3.08. The Morgan fingerprint density at radius 3 is 0.880 bits per heavy atom. The van der Waals surface area contributed by atoms with Gasteiger partial charge in [-0.15, -0.1) is 0 Å². The molecule has 0 amide bonds. The minimum Gasteiger partial charge on any atom is -0.0656 e. The molecule has 0 aromatic carbocycles. The van der Waals surface area contributed by atoms with E-state index >= 15 is 0 Å². The zero-order chi connectivity index (χ0) is 19.8. The third-order valence-electron chi connectivity index (χ3n) is 5.04. The van der Waals surface area contributed by atoms with Crippen LogP contribution in [0, 0.1) is 11.8 Å². The average molecular weight is 357 g/mol. The van der Waals surface area contributed by atoms with Gasteiger partial charge < -0.3 is 0 Å². The van der Waals surface area contributed by atoms with E-state index in [1.165, 1.54) is 96.3 Å². The highest BCUT2D eigenvalue weighted by Gasteiger charge is 2.17. The average Bonchev–Trinajstić information content (AvgIpc) is 2.65. The molecule has 0 heterocycles. The van der Waals surface area contributed by atoms with Crippen LogP contribution in [-0.2, 0) is 0 Å². The Balaban J connectivity index is -0.000000284. The van der Waals surface area contributed by atoms with Gasteiger partial charge in [-0.3, -0.25) is 0 Å². The van der Waals surface area contributed by atoms with Gasteiger partial charge in [0.1, 0.15) is 0 Å². The molecule has 1 saturated carbocycles. The molecule has 0 saturated heterocycles. The fraction of sp³-hybridized carbons (Fsp3) is 1.00. The minimum absolute atomic E-state index is 1.07. The molecule has 1 aliphatic rings. The molecular formula is C25H56. The van der Waals surface area contributed by atoms with E-state index in [1.807, 2.05) is 0 Å². The lowest BCUT2D eigenvalue weighted by molar-refractivity contribution is 0.264. The Morgan fingerprint density at radius 2 is 0.720 bits per heavy atom. The second kappa shape index (κ2) is 28.8. The van der Waals surface area contributed by atoms with E-state index < -0.39 is 0 Å². The van der Waals surface area contributed by atoms with Crippen LogP contribution in [0.3, 0.4) is 0 Å². The van der Waals surface area contributed by atoms with Gasteiger partial charge >= 0.3 is 0 Å². The van der Waals surface area contributed by atoms with Gasteiger partial charge in [0.05, 0.1) is 0 Å². The Kier molecular flexibility index (Phi) is 34.3. The van der Waals surface area contributed by atoms with E-state index in [0.29, 0.717) is 0 Å². The van der Waals surface area contributed by atoms with Crippen molar-refractivity contribution in [3.63, 3.8) is 0 Å². The summed E-state index contributed by atoms with van der Waals surface area (Å²) in [6.07, 6.45) is 21.2. The Bertz CT molecular complexity index is 158.